The van der Waals surface area contributed by atoms with Crippen LogP contribution in [0.2, 0.25) is 0 Å². The maximum atomic E-state index is 10.1. The third-order valence-electron chi connectivity index (χ3n) is 0.919. The summed E-state index contributed by atoms with van der Waals surface area (Å²) in [4.78, 5) is 10.1. The number of azo groups is 1. The lowest BCUT2D eigenvalue weighted by Crippen LogP contribution is -2.07. The van der Waals surface area contributed by atoms with Crippen LogP contribution >= 0.6 is 0 Å². The highest BCUT2D eigenvalue weighted by atomic mass is 16.4. The van der Waals surface area contributed by atoms with Gasteiger partial charge in [0.2, 0.25) is 5.88 Å². The van der Waals surface area contributed by atoms with E-state index in [9.17, 15) is 4.79 Å². The molecule has 0 bridgehead atoms. The number of amidine groups is 1. The maximum Gasteiger partial charge on any atom is 0.345 e. The van der Waals surface area contributed by atoms with Crippen molar-refractivity contribution in [2.24, 2.45) is 10.2 Å². The van der Waals surface area contributed by atoms with Crippen molar-refractivity contribution in [3.63, 3.8) is 0 Å². The Bertz CT molecular complexity index is 265. The minimum atomic E-state index is -1.40. The molecule has 1 rings (SSSR count). The van der Waals surface area contributed by atoms with Gasteiger partial charge in [0.25, 0.3) is 0 Å². The zero-order chi connectivity index (χ0) is 7.72. The van der Waals surface area contributed by atoms with E-state index < -0.39 is 23.3 Å². The highest BCUT2D eigenvalue weighted by molar-refractivity contribution is 6.18. The van der Waals surface area contributed by atoms with Crippen LogP contribution < -0.4 is 0 Å². The third-order valence-corrected chi connectivity index (χ3v) is 0.919. The molecule has 1 aliphatic rings. The average Bonchev–Trinajstić information content (AvgIpc) is 2.11. The van der Waals surface area contributed by atoms with Crippen molar-refractivity contribution in [2.75, 3.05) is 0 Å². The van der Waals surface area contributed by atoms with Gasteiger partial charge < -0.3 is 10.2 Å². The van der Waals surface area contributed by atoms with Gasteiger partial charge in [0.15, 0.2) is 11.4 Å². The number of aliphatic hydroxyl groups excluding tert-OH is 1. The van der Waals surface area contributed by atoms with Gasteiger partial charge >= 0.3 is 5.97 Å². The summed E-state index contributed by atoms with van der Waals surface area (Å²) in [5, 5.41) is 29.7. The molecule has 0 unspecified atom stereocenters. The molecule has 0 aromatic carbocycles. The molecule has 52 valence electrons. The summed E-state index contributed by atoms with van der Waals surface area (Å²) >= 11 is 0. The number of aliphatic carboxylic acids is 1. The topological polar surface area (TPSA) is 106 Å². The van der Waals surface area contributed by atoms with Crippen molar-refractivity contribution in [1.82, 2.24) is 0 Å². The molecule has 1 aliphatic heterocycles. The molecule has 0 fully saturated rings. The number of hydrogen-bond acceptors (Lipinski definition) is 4. The van der Waals surface area contributed by atoms with Gasteiger partial charge in [-0.05, 0) is 0 Å². The molecule has 0 saturated carbocycles. The summed E-state index contributed by atoms with van der Waals surface area (Å²) < 4.78 is 0. The van der Waals surface area contributed by atoms with Crippen LogP contribution in [0.15, 0.2) is 21.7 Å². The van der Waals surface area contributed by atoms with Gasteiger partial charge in [0.1, 0.15) is 0 Å². The van der Waals surface area contributed by atoms with Gasteiger partial charge in [-0.1, -0.05) is 0 Å². The van der Waals surface area contributed by atoms with Crippen LogP contribution in [0.3, 0.4) is 0 Å². The SMILES string of the molecule is N=C1N=NC(O)=C1C(=O)O. The van der Waals surface area contributed by atoms with E-state index in [1.165, 1.54) is 0 Å². The second-order valence-corrected chi connectivity index (χ2v) is 1.55. The zero-order valence-electron chi connectivity index (χ0n) is 4.70. The van der Waals surface area contributed by atoms with E-state index in [-0.39, 0.29) is 0 Å². The Hall–Kier alpha value is -1.72. The Morgan fingerprint density at radius 2 is 2.10 bits per heavy atom. The fourth-order valence-corrected chi connectivity index (χ4v) is 0.500. The molecular weight excluding hydrogens is 138 g/mol. The lowest BCUT2D eigenvalue weighted by Gasteiger charge is -1.88. The van der Waals surface area contributed by atoms with E-state index in [2.05, 4.69) is 10.2 Å². The monoisotopic (exact) mass is 141 g/mol. The molecule has 10 heavy (non-hydrogen) atoms. The van der Waals surface area contributed by atoms with Gasteiger partial charge in [-0.25, -0.2) is 4.79 Å². The predicted molar refractivity (Wildman–Crippen MR) is 29.9 cm³/mol. The van der Waals surface area contributed by atoms with Gasteiger partial charge in [0.05, 0.1) is 0 Å². The molecule has 0 saturated heterocycles. The minimum absolute atomic E-state index is 0.523. The van der Waals surface area contributed by atoms with Crippen molar-refractivity contribution in [2.45, 2.75) is 0 Å². The molecule has 3 N–H and O–H groups in total. The van der Waals surface area contributed by atoms with E-state index in [1.54, 1.807) is 0 Å². The number of nitrogens with zero attached hydrogens (tertiary/aromatic N) is 2. The second-order valence-electron chi connectivity index (χ2n) is 1.55. The van der Waals surface area contributed by atoms with Crippen LogP contribution in [-0.4, -0.2) is 22.0 Å². The Balaban J connectivity index is 3.08. The van der Waals surface area contributed by atoms with Gasteiger partial charge in [-0.15, -0.1) is 10.2 Å². The molecule has 6 nitrogen and oxygen atoms in total. The summed E-state index contributed by atoms with van der Waals surface area (Å²) in [6, 6.07) is 0. The second kappa shape index (κ2) is 1.90. The van der Waals surface area contributed by atoms with Gasteiger partial charge in [-0.2, -0.15) is 0 Å². The van der Waals surface area contributed by atoms with Crippen molar-refractivity contribution in [1.29, 1.82) is 5.41 Å². The van der Waals surface area contributed by atoms with E-state index >= 15 is 0 Å². The maximum absolute atomic E-state index is 10.1. The van der Waals surface area contributed by atoms with E-state index in [0.29, 0.717) is 0 Å². The van der Waals surface area contributed by atoms with Crippen LogP contribution in [0.5, 0.6) is 0 Å². The lowest BCUT2D eigenvalue weighted by atomic mass is 10.3. The van der Waals surface area contributed by atoms with Crippen molar-refractivity contribution in [3.05, 3.63) is 11.5 Å². The predicted octanol–water partition coefficient (Wildman–Crippen LogP) is 0.284. The molecule has 0 radical (unpaired) electrons. The van der Waals surface area contributed by atoms with Crippen molar-refractivity contribution < 1.29 is 15.0 Å². The molecule has 0 spiro atoms. The molecule has 6 heteroatoms. The van der Waals surface area contributed by atoms with E-state index in [0.717, 1.165) is 0 Å². The number of nitrogens with one attached hydrogen (secondary N) is 1. The Labute approximate surface area is 55.0 Å². The highest BCUT2D eigenvalue weighted by Gasteiger charge is 2.24. The Morgan fingerprint density at radius 1 is 1.50 bits per heavy atom. The standard InChI is InChI=1S/C4H3N3O3/c5-2-1(4(9)10)3(8)7-6-2/h5,8H,(H,9,10). The molecule has 0 atom stereocenters. The Morgan fingerprint density at radius 3 is 2.30 bits per heavy atom. The number of hydrogen-bond donors (Lipinski definition) is 3. The fraction of sp³-hybridized carbons (Fsp3) is 0. The summed E-state index contributed by atoms with van der Waals surface area (Å²) in [7, 11) is 0. The zero-order valence-corrected chi connectivity index (χ0v) is 4.70. The first-order chi connectivity index (χ1) is 4.63. The summed E-state index contributed by atoms with van der Waals surface area (Å²) in [6.45, 7) is 0. The van der Waals surface area contributed by atoms with Crippen LogP contribution in [0.4, 0.5) is 0 Å². The fourth-order valence-electron chi connectivity index (χ4n) is 0.500. The lowest BCUT2D eigenvalue weighted by molar-refractivity contribution is -0.132. The van der Waals surface area contributed by atoms with Crippen molar-refractivity contribution in [3.8, 4) is 0 Å². The molecule has 1 heterocycles. The summed E-state index contributed by atoms with van der Waals surface area (Å²) in [5.74, 6) is -2.63. The van der Waals surface area contributed by atoms with Crippen molar-refractivity contribution >= 4 is 11.8 Å². The summed E-state index contributed by atoms with van der Waals surface area (Å²) in [5.41, 5.74) is -0.556. The largest absolute Gasteiger partial charge is 0.491 e. The number of rotatable bonds is 1. The van der Waals surface area contributed by atoms with Crippen LogP contribution in [-0.2, 0) is 4.79 Å². The number of carbonyl (C=O) groups is 1. The Kier molecular flexibility index (Phi) is 1.22. The number of aliphatic hydroxyl groups is 1. The average molecular weight is 141 g/mol. The van der Waals surface area contributed by atoms with Crippen LogP contribution in [0.25, 0.3) is 0 Å². The smallest absolute Gasteiger partial charge is 0.345 e. The molecular formula is C4H3N3O3. The molecule has 0 aliphatic carbocycles. The number of carboxylic acids is 1. The van der Waals surface area contributed by atoms with Gasteiger partial charge in [0, 0.05) is 0 Å². The number of carboxylic acid groups (broad SMARTS) is 1. The quantitative estimate of drug-likeness (QED) is 0.488. The first-order valence-electron chi connectivity index (χ1n) is 2.30. The first kappa shape index (κ1) is 6.40. The first-order valence-corrected chi connectivity index (χ1v) is 2.30. The minimum Gasteiger partial charge on any atom is -0.491 e. The highest BCUT2D eigenvalue weighted by Crippen LogP contribution is 2.13. The molecule has 0 aromatic rings. The van der Waals surface area contributed by atoms with Crippen LogP contribution in [0.1, 0.15) is 0 Å². The van der Waals surface area contributed by atoms with E-state index in [4.69, 9.17) is 15.6 Å². The third kappa shape index (κ3) is 0.750. The normalized spacial score (nSPS) is 16.6. The molecule has 0 amide bonds. The van der Waals surface area contributed by atoms with Gasteiger partial charge in [-0.3, -0.25) is 5.41 Å². The molecule has 0 aromatic heterocycles. The van der Waals surface area contributed by atoms with E-state index in [1.807, 2.05) is 0 Å². The van der Waals surface area contributed by atoms with Crippen LogP contribution in [0, 0.1) is 5.41 Å². The summed E-state index contributed by atoms with van der Waals surface area (Å²) in [6.07, 6.45) is 0.